The minimum atomic E-state index is -0.515. The van der Waals surface area contributed by atoms with Gasteiger partial charge in [-0.2, -0.15) is 5.26 Å². The van der Waals surface area contributed by atoms with Crippen molar-refractivity contribution in [3.8, 4) is 11.8 Å². The van der Waals surface area contributed by atoms with Gasteiger partial charge in [-0.15, -0.1) is 0 Å². The molecule has 2 atom stereocenters. The fraction of sp³-hybridized carbons (Fsp3) is 0.533. The molecule has 1 saturated carbocycles. The Kier molecular flexibility index (Phi) is 4.76. The van der Waals surface area contributed by atoms with Gasteiger partial charge in [0.2, 0.25) is 0 Å². The van der Waals surface area contributed by atoms with Crippen molar-refractivity contribution in [2.45, 2.75) is 44.2 Å². The van der Waals surface area contributed by atoms with E-state index in [-0.39, 0.29) is 11.8 Å². The van der Waals surface area contributed by atoms with Gasteiger partial charge < -0.3 is 4.74 Å². The average molecular weight is 289 g/mol. The first-order valence-electron chi connectivity index (χ1n) is 7.16. The summed E-state index contributed by atoms with van der Waals surface area (Å²) in [6, 6.07) is 8.45. The van der Waals surface area contributed by atoms with Gasteiger partial charge in [0.15, 0.2) is 0 Å². The molecule has 1 aliphatic rings. The number of hydrogen-bond acceptors (Lipinski definition) is 5. The number of nitrogens with zero attached hydrogens (tertiary/aromatic N) is 2. The molecule has 0 heterocycles. The summed E-state index contributed by atoms with van der Waals surface area (Å²) in [5.41, 5.74) is -0.469. The van der Waals surface area contributed by atoms with E-state index in [4.69, 9.17) is 4.74 Å². The zero-order chi connectivity index (χ0) is 15.3. The largest absolute Gasteiger partial charge is 0.490 e. The molecule has 2 rings (SSSR count). The van der Waals surface area contributed by atoms with Crippen LogP contribution in [0.2, 0.25) is 0 Å². The molecule has 0 bridgehead atoms. The third kappa shape index (κ3) is 3.70. The molecule has 0 saturated heterocycles. The first-order valence-corrected chi connectivity index (χ1v) is 7.16. The minimum Gasteiger partial charge on any atom is -0.490 e. The highest BCUT2D eigenvalue weighted by atomic mass is 16.6. The van der Waals surface area contributed by atoms with Crippen LogP contribution in [0.3, 0.4) is 0 Å². The molecule has 1 aromatic rings. The van der Waals surface area contributed by atoms with Crippen molar-refractivity contribution in [2.24, 2.45) is 0 Å². The average Bonchev–Trinajstić information content (AvgIpc) is 2.48. The number of rotatable bonds is 5. The lowest BCUT2D eigenvalue weighted by Gasteiger charge is -2.36. The number of nitrogens with one attached hydrogen (secondary N) is 1. The summed E-state index contributed by atoms with van der Waals surface area (Å²) in [6.45, 7) is 2.73. The van der Waals surface area contributed by atoms with Crippen molar-refractivity contribution in [3.05, 3.63) is 34.4 Å². The van der Waals surface area contributed by atoms with E-state index < -0.39 is 10.5 Å². The maximum atomic E-state index is 10.6. The molecule has 0 amide bonds. The summed E-state index contributed by atoms with van der Waals surface area (Å²) in [7, 11) is 0. The van der Waals surface area contributed by atoms with Gasteiger partial charge in [0, 0.05) is 18.6 Å². The second-order valence-corrected chi connectivity index (χ2v) is 5.31. The van der Waals surface area contributed by atoms with Gasteiger partial charge in [-0.25, -0.2) is 0 Å². The molecule has 6 heteroatoms. The van der Waals surface area contributed by atoms with E-state index in [1.807, 2.05) is 6.92 Å². The highest BCUT2D eigenvalue weighted by Gasteiger charge is 2.36. The number of benzene rings is 1. The molecule has 0 spiro atoms. The fourth-order valence-electron chi connectivity index (χ4n) is 2.80. The van der Waals surface area contributed by atoms with E-state index in [2.05, 4.69) is 11.4 Å². The van der Waals surface area contributed by atoms with Crippen LogP contribution in [0.25, 0.3) is 0 Å². The van der Waals surface area contributed by atoms with E-state index in [0.717, 1.165) is 25.8 Å². The predicted molar refractivity (Wildman–Crippen MR) is 78.0 cm³/mol. The van der Waals surface area contributed by atoms with Crippen molar-refractivity contribution in [2.75, 3.05) is 6.54 Å². The van der Waals surface area contributed by atoms with Crippen LogP contribution < -0.4 is 10.1 Å². The first-order chi connectivity index (χ1) is 10.1. The van der Waals surface area contributed by atoms with Gasteiger partial charge in [-0.05, 0) is 37.9 Å². The molecule has 112 valence electrons. The van der Waals surface area contributed by atoms with Crippen molar-refractivity contribution >= 4 is 5.69 Å². The third-order valence-corrected chi connectivity index (χ3v) is 3.79. The summed E-state index contributed by atoms with van der Waals surface area (Å²) in [6.07, 6.45) is 3.24. The summed E-state index contributed by atoms with van der Waals surface area (Å²) >= 11 is 0. The smallest absolute Gasteiger partial charge is 0.269 e. The highest BCUT2D eigenvalue weighted by Crippen LogP contribution is 2.31. The van der Waals surface area contributed by atoms with Crippen LogP contribution >= 0.6 is 0 Å². The number of nitro benzene ring substituents is 1. The van der Waals surface area contributed by atoms with Crippen LogP contribution in [0.4, 0.5) is 5.69 Å². The van der Waals surface area contributed by atoms with Crippen LogP contribution in [0.1, 0.15) is 32.6 Å². The molecule has 1 aliphatic carbocycles. The first kappa shape index (κ1) is 15.3. The van der Waals surface area contributed by atoms with Crippen molar-refractivity contribution in [3.63, 3.8) is 0 Å². The fourth-order valence-corrected chi connectivity index (χ4v) is 2.80. The van der Waals surface area contributed by atoms with Gasteiger partial charge in [0.25, 0.3) is 5.69 Å². The van der Waals surface area contributed by atoms with Crippen LogP contribution in [-0.4, -0.2) is 23.1 Å². The molecule has 0 aliphatic heterocycles. The Hall–Kier alpha value is -2.13. The molecule has 1 N–H and O–H groups in total. The molecule has 2 unspecified atom stereocenters. The van der Waals surface area contributed by atoms with Crippen LogP contribution in [0.15, 0.2) is 24.3 Å². The van der Waals surface area contributed by atoms with E-state index in [9.17, 15) is 15.4 Å². The third-order valence-electron chi connectivity index (χ3n) is 3.79. The number of ether oxygens (including phenoxy) is 1. The number of nitriles is 1. The van der Waals surface area contributed by atoms with Crippen LogP contribution in [0.5, 0.6) is 5.75 Å². The van der Waals surface area contributed by atoms with E-state index in [1.54, 1.807) is 12.1 Å². The Balaban J connectivity index is 2.02. The Labute approximate surface area is 123 Å². The van der Waals surface area contributed by atoms with Gasteiger partial charge in [0.1, 0.15) is 17.4 Å². The minimum absolute atomic E-state index is 0.0427. The van der Waals surface area contributed by atoms with Crippen LogP contribution in [0, 0.1) is 21.4 Å². The predicted octanol–water partition coefficient (Wildman–Crippen LogP) is 2.79. The van der Waals surface area contributed by atoms with E-state index >= 15 is 0 Å². The zero-order valence-corrected chi connectivity index (χ0v) is 12.0. The van der Waals surface area contributed by atoms with E-state index in [0.29, 0.717) is 12.2 Å². The Morgan fingerprint density at radius 3 is 2.81 bits per heavy atom. The topological polar surface area (TPSA) is 88.2 Å². The maximum Gasteiger partial charge on any atom is 0.269 e. The van der Waals surface area contributed by atoms with Crippen molar-refractivity contribution in [1.82, 2.24) is 5.32 Å². The van der Waals surface area contributed by atoms with E-state index in [1.165, 1.54) is 12.1 Å². The molecule has 1 fully saturated rings. The van der Waals surface area contributed by atoms with Gasteiger partial charge >= 0.3 is 0 Å². The lowest BCUT2D eigenvalue weighted by atomic mass is 9.81. The maximum absolute atomic E-state index is 10.6. The Morgan fingerprint density at radius 1 is 1.52 bits per heavy atom. The normalized spacial score (nSPS) is 25.0. The summed E-state index contributed by atoms with van der Waals surface area (Å²) < 4.78 is 5.88. The molecule has 1 aromatic carbocycles. The Morgan fingerprint density at radius 2 is 2.24 bits per heavy atom. The van der Waals surface area contributed by atoms with Crippen LogP contribution in [-0.2, 0) is 0 Å². The second-order valence-electron chi connectivity index (χ2n) is 5.31. The van der Waals surface area contributed by atoms with Crippen molar-refractivity contribution < 1.29 is 9.66 Å². The quantitative estimate of drug-likeness (QED) is 0.665. The molecule has 0 radical (unpaired) electrons. The Bertz CT molecular complexity index is 534. The molecular formula is C15H19N3O3. The summed E-state index contributed by atoms with van der Waals surface area (Å²) in [4.78, 5) is 10.2. The molecule has 0 aromatic heterocycles. The van der Waals surface area contributed by atoms with Gasteiger partial charge in [-0.1, -0.05) is 6.92 Å². The lowest BCUT2D eigenvalue weighted by molar-refractivity contribution is -0.384. The summed E-state index contributed by atoms with van der Waals surface area (Å²) in [5, 5.41) is 23.3. The molecular weight excluding hydrogens is 270 g/mol. The SMILES string of the molecule is CCNC1(C#N)CCCC(Oc2ccc([N+](=O)[O-])cc2)C1. The lowest BCUT2D eigenvalue weighted by Crippen LogP contribution is -2.49. The monoisotopic (exact) mass is 289 g/mol. The van der Waals surface area contributed by atoms with Crippen molar-refractivity contribution in [1.29, 1.82) is 5.26 Å². The van der Waals surface area contributed by atoms with Gasteiger partial charge in [0.05, 0.1) is 11.0 Å². The highest BCUT2D eigenvalue weighted by molar-refractivity contribution is 5.36. The standard InChI is InChI=1S/C15H19N3O3/c1-2-17-15(11-16)9-3-4-14(10-15)21-13-7-5-12(6-8-13)18(19)20/h5-8,14,17H,2-4,9-10H2,1H3. The van der Waals surface area contributed by atoms with Gasteiger partial charge in [-0.3, -0.25) is 15.4 Å². The zero-order valence-electron chi connectivity index (χ0n) is 12.0. The molecule has 21 heavy (non-hydrogen) atoms. The second kappa shape index (κ2) is 6.55. The number of nitro groups is 1. The molecule has 6 nitrogen and oxygen atoms in total. The number of hydrogen-bond donors (Lipinski definition) is 1. The number of non-ortho nitro benzene ring substituents is 1. The summed E-state index contributed by atoms with van der Waals surface area (Å²) in [5.74, 6) is 0.607.